The zero-order valence-electron chi connectivity index (χ0n) is 8.74. The maximum atomic E-state index is 10.7. The summed E-state index contributed by atoms with van der Waals surface area (Å²) >= 11 is 0. The van der Waals surface area contributed by atoms with E-state index in [1.165, 1.54) is 6.07 Å². The summed E-state index contributed by atoms with van der Waals surface area (Å²) in [6, 6.07) is 3.14. The van der Waals surface area contributed by atoms with Gasteiger partial charge in [-0.15, -0.1) is 0 Å². The lowest BCUT2D eigenvalue weighted by atomic mass is 10.2. The van der Waals surface area contributed by atoms with Crippen LogP contribution >= 0.6 is 0 Å². The molecule has 0 aliphatic carbocycles. The summed E-state index contributed by atoms with van der Waals surface area (Å²) in [4.78, 5) is 19.7. The van der Waals surface area contributed by atoms with Crippen LogP contribution in [0.1, 0.15) is 6.42 Å². The Balaban J connectivity index is 2.96. The fourth-order valence-corrected chi connectivity index (χ4v) is 1.13. The quantitative estimate of drug-likeness (QED) is 0.456. The zero-order valence-corrected chi connectivity index (χ0v) is 8.74. The third kappa shape index (κ3) is 3.38. The van der Waals surface area contributed by atoms with Gasteiger partial charge in [0.25, 0.3) is 5.69 Å². The molecule has 1 N–H and O–H groups in total. The summed E-state index contributed by atoms with van der Waals surface area (Å²) in [6.07, 6.45) is 0.328. The van der Waals surface area contributed by atoms with E-state index in [1.807, 2.05) is 0 Å². The number of aliphatic hydroxyl groups excluding tert-OH is 1. The minimum absolute atomic E-state index is 0.0472. The van der Waals surface area contributed by atoms with E-state index in [0.29, 0.717) is 6.42 Å². The first-order chi connectivity index (χ1) is 8.06. The van der Waals surface area contributed by atoms with E-state index in [0.717, 1.165) is 12.1 Å². The number of benzene rings is 1. The molecule has 0 amide bonds. The van der Waals surface area contributed by atoms with Crippen molar-refractivity contribution in [2.75, 3.05) is 13.2 Å². The van der Waals surface area contributed by atoms with Gasteiger partial charge in [-0.3, -0.25) is 20.2 Å². The molecule has 0 fully saturated rings. The lowest BCUT2D eigenvalue weighted by Gasteiger charge is -2.05. The van der Waals surface area contributed by atoms with Gasteiger partial charge in [-0.2, -0.15) is 0 Å². The second kappa shape index (κ2) is 5.75. The van der Waals surface area contributed by atoms with Crippen LogP contribution in [0.4, 0.5) is 11.4 Å². The SMILES string of the molecule is O=[N+]([O-])c1ccc(OCCCO)c([N+](=O)[O-])c1. The number of nitro benzene ring substituents is 2. The van der Waals surface area contributed by atoms with Gasteiger partial charge in [0.15, 0.2) is 5.75 Å². The number of hydrogen-bond acceptors (Lipinski definition) is 6. The molecule has 0 saturated heterocycles. The van der Waals surface area contributed by atoms with Gasteiger partial charge in [0.05, 0.1) is 22.5 Å². The first kappa shape index (κ1) is 12.8. The molecule has 17 heavy (non-hydrogen) atoms. The number of nitro groups is 2. The fourth-order valence-electron chi connectivity index (χ4n) is 1.13. The van der Waals surface area contributed by atoms with E-state index in [-0.39, 0.29) is 24.7 Å². The molecule has 0 aliphatic heterocycles. The second-order valence-corrected chi connectivity index (χ2v) is 3.09. The highest BCUT2D eigenvalue weighted by Crippen LogP contribution is 2.30. The maximum absolute atomic E-state index is 10.7. The van der Waals surface area contributed by atoms with Crippen molar-refractivity contribution in [3.05, 3.63) is 38.4 Å². The first-order valence-corrected chi connectivity index (χ1v) is 4.72. The lowest BCUT2D eigenvalue weighted by Crippen LogP contribution is -2.02. The van der Waals surface area contributed by atoms with Gasteiger partial charge < -0.3 is 9.84 Å². The first-order valence-electron chi connectivity index (χ1n) is 4.72. The van der Waals surface area contributed by atoms with Crippen LogP contribution in [0.5, 0.6) is 5.75 Å². The summed E-state index contributed by atoms with van der Waals surface area (Å²) in [6.45, 7) is 0.00985. The standard InChI is InChI=1S/C9H10N2O6/c12-4-1-5-17-9-3-2-7(10(13)14)6-8(9)11(15)16/h2-3,6,12H,1,4-5H2. The van der Waals surface area contributed by atoms with E-state index in [2.05, 4.69) is 0 Å². The van der Waals surface area contributed by atoms with Crippen molar-refractivity contribution in [1.29, 1.82) is 0 Å². The van der Waals surface area contributed by atoms with Crippen LogP contribution in [0, 0.1) is 20.2 Å². The molecular weight excluding hydrogens is 232 g/mol. The summed E-state index contributed by atoms with van der Waals surface area (Å²) in [5, 5.41) is 29.7. The van der Waals surface area contributed by atoms with Crippen LogP contribution in [0.15, 0.2) is 18.2 Å². The van der Waals surface area contributed by atoms with Crippen molar-refractivity contribution in [1.82, 2.24) is 0 Å². The van der Waals surface area contributed by atoms with Crippen LogP contribution in [-0.4, -0.2) is 28.2 Å². The number of aliphatic hydroxyl groups is 1. The van der Waals surface area contributed by atoms with Crippen LogP contribution in [0.3, 0.4) is 0 Å². The van der Waals surface area contributed by atoms with Gasteiger partial charge in [0.1, 0.15) is 0 Å². The highest BCUT2D eigenvalue weighted by Gasteiger charge is 2.20. The Labute approximate surface area is 95.7 Å². The molecule has 0 aliphatic rings. The predicted molar refractivity (Wildman–Crippen MR) is 56.9 cm³/mol. The Morgan fingerprint density at radius 3 is 2.47 bits per heavy atom. The number of rotatable bonds is 6. The van der Waals surface area contributed by atoms with Crippen molar-refractivity contribution in [2.45, 2.75) is 6.42 Å². The van der Waals surface area contributed by atoms with E-state index in [4.69, 9.17) is 9.84 Å². The minimum atomic E-state index is -0.749. The molecule has 1 aromatic carbocycles. The average Bonchev–Trinajstić information content (AvgIpc) is 2.29. The Morgan fingerprint density at radius 2 is 1.94 bits per heavy atom. The third-order valence-corrected chi connectivity index (χ3v) is 1.91. The van der Waals surface area contributed by atoms with E-state index in [1.54, 1.807) is 0 Å². The monoisotopic (exact) mass is 242 g/mol. The van der Waals surface area contributed by atoms with Crippen LogP contribution < -0.4 is 4.74 Å². The molecule has 1 aromatic rings. The van der Waals surface area contributed by atoms with Gasteiger partial charge >= 0.3 is 5.69 Å². The smallest absolute Gasteiger partial charge is 0.317 e. The Hall–Kier alpha value is -2.22. The Morgan fingerprint density at radius 1 is 1.24 bits per heavy atom. The molecule has 0 bridgehead atoms. The van der Waals surface area contributed by atoms with Crippen LogP contribution in [-0.2, 0) is 0 Å². The van der Waals surface area contributed by atoms with Crippen molar-refractivity contribution < 1.29 is 19.7 Å². The number of ether oxygens (including phenoxy) is 1. The third-order valence-electron chi connectivity index (χ3n) is 1.91. The number of non-ortho nitro benzene ring substituents is 1. The summed E-state index contributed by atoms with van der Waals surface area (Å²) in [5.41, 5.74) is -0.830. The molecule has 0 atom stereocenters. The summed E-state index contributed by atoms with van der Waals surface area (Å²) in [7, 11) is 0. The summed E-state index contributed by atoms with van der Waals surface area (Å²) < 4.78 is 5.05. The van der Waals surface area contributed by atoms with E-state index >= 15 is 0 Å². The topological polar surface area (TPSA) is 116 Å². The summed E-state index contributed by atoms with van der Waals surface area (Å²) in [5.74, 6) is -0.0472. The van der Waals surface area contributed by atoms with Gasteiger partial charge in [-0.05, 0) is 6.07 Å². The molecule has 0 radical (unpaired) electrons. The van der Waals surface area contributed by atoms with Crippen molar-refractivity contribution in [2.24, 2.45) is 0 Å². The maximum Gasteiger partial charge on any atom is 0.317 e. The molecular formula is C9H10N2O6. The van der Waals surface area contributed by atoms with Gasteiger partial charge in [-0.1, -0.05) is 0 Å². The number of hydrogen-bond donors (Lipinski definition) is 1. The molecule has 1 rings (SSSR count). The van der Waals surface area contributed by atoms with Crippen molar-refractivity contribution in [3.63, 3.8) is 0 Å². The average molecular weight is 242 g/mol. The van der Waals surface area contributed by atoms with Crippen LogP contribution in [0.25, 0.3) is 0 Å². The molecule has 0 aromatic heterocycles. The predicted octanol–water partition coefficient (Wildman–Crippen LogP) is 1.26. The highest BCUT2D eigenvalue weighted by atomic mass is 16.6. The molecule has 0 heterocycles. The molecule has 8 heteroatoms. The van der Waals surface area contributed by atoms with Gasteiger partial charge in [-0.25, -0.2) is 0 Å². The largest absolute Gasteiger partial charge is 0.487 e. The number of nitrogens with zero attached hydrogens (tertiary/aromatic N) is 2. The van der Waals surface area contributed by atoms with Gasteiger partial charge in [0.2, 0.25) is 0 Å². The normalized spacial score (nSPS) is 9.94. The fraction of sp³-hybridized carbons (Fsp3) is 0.333. The van der Waals surface area contributed by atoms with Crippen molar-refractivity contribution in [3.8, 4) is 5.75 Å². The molecule has 8 nitrogen and oxygen atoms in total. The molecule has 0 saturated carbocycles. The van der Waals surface area contributed by atoms with Crippen molar-refractivity contribution >= 4 is 11.4 Å². The Kier molecular flexibility index (Phi) is 4.35. The zero-order chi connectivity index (χ0) is 12.8. The lowest BCUT2D eigenvalue weighted by molar-refractivity contribution is -0.394. The van der Waals surface area contributed by atoms with Crippen LogP contribution in [0.2, 0.25) is 0 Å². The highest BCUT2D eigenvalue weighted by molar-refractivity contribution is 5.53. The van der Waals surface area contributed by atoms with Gasteiger partial charge in [0, 0.05) is 19.1 Å². The Bertz CT molecular complexity index is 433. The molecule has 92 valence electrons. The molecule has 0 spiro atoms. The van der Waals surface area contributed by atoms with E-state index in [9.17, 15) is 20.2 Å². The second-order valence-electron chi connectivity index (χ2n) is 3.09. The minimum Gasteiger partial charge on any atom is -0.487 e. The van der Waals surface area contributed by atoms with E-state index < -0.39 is 15.5 Å². The molecule has 0 unspecified atom stereocenters.